The third-order valence-electron chi connectivity index (χ3n) is 3.03. The highest BCUT2D eigenvalue weighted by molar-refractivity contribution is 6.07. The zero-order chi connectivity index (χ0) is 17.0. The average molecular weight is 308 g/mol. The van der Waals surface area contributed by atoms with Gasteiger partial charge in [0.25, 0.3) is 5.91 Å². The molecule has 0 saturated heterocycles. The van der Waals surface area contributed by atoms with Crippen LogP contribution in [-0.2, 0) is 25.6 Å². The number of hydrogen-bond acceptors (Lipinski definition) is 5. The Hall–Kier alpha value is -1.92. The SMILES string of the molecule is CON(C)C(=O)[C@@](N)(Cc1ccccc1)C(=O)OC(C)(C)C. The molecule has 0 heterocycles. The van der Waals surface area contributed by atoms with Crippen LogP contribution in [0.25, 0.3) is 0 Å². The van der Waals surface area contributed by atoms with Crippen molar-refractivity contribution in [2.75, 3.05) is 14.2 Å². The van der Waals surface area contributed by atoms with Crippen molar-refractivity contribution in [3.05, 3.63) is 35.9 Å². The molecule has 0 aliphatic rings. The maximum Gasteiger partial charge on any atom is 0.336 e. The summed E-state index contributed by atoms with van der Waals surface area (Å²) in [5.74, 6) is -1.44. The van der Waals surface area contributed by atoms with Crippen LogP contribution in [0.15, 0.2) is 30.3 Å². The minimum atomic E-state index is -1.85. The van der Waals surface area contributed by atoms with Crippen molar-refractivity contribution in [1.82, 2.24) is 5.06 Å². The molecule has 122 valence electrons. The molecule has 1 aromatic rings. The Balaban J connectivity index is 3.14. The fourth-order valence-corrected chi connectivity index (χ4v) is 1.89. The Morgan fingerprint density at radius 1 is 1.18 bits per heavy atom. The van der Waals surface area contributed by atoms with Gasteiger partial charge in [0.2, 0.25) is 0 Å². The summed E-state index contributed by atoms with van der Waals surface area (Å²) in [4.78, 5) is 29.9. The number of nitrogens with zero attached hydrogens (tertiary/aromatic N) is 1. The Morgan fingerprint density at radius 2 is 1.73 bits per heavy atom. The van der Waals surface area contributed by atoms with E-state index in [1.165, 1.54) is 14.2 Å². The van der Waals surface area contributed by atoms with Crippen molar-refractivity contribution in [1.29, 1.82) is 0 Å². The van der Waals surface area contributed by atoms with Crippen molar-refractivity contribution in [3.63, 3.8) is 0 Å². The summed E-state index contributed by atoms with van der Waals surface area (Å²) in [7, 11) is 2.73. The topological polar surface area (TPSA) is 81.9 Å². The molecule has 0 aliphatic heterocycles. The van der Waals surface area contributed by atoms with E-state index in [4.69, 9.17) is 15.3 Å². The van der Waals surface area contributed by atoms with Crippen molar-refractivity contribution in [2.45, 2.75) is 38.3 Å². The normalized spacial score (nSPS) is 14.1. The standard InChI is InChI=1S/C16H24N2O4/c1-15(2,3)22-14(20)16(17,13(19)18(4)21-5)11-12-9-7-6-8-10-12/h6-10H,11,17H2,1-5H3/t16-/m0/s1. The molecule has 1 rings (SSSR count). The zero-order valence-corrected chi connectivity index (χ0v) is 13.8. The number of carbonyl (C=O) groups excluding carboxylic acids is 2. The molecular formula is C16H24N2O4. The number of esters is 1. The van der Waals surface area contributed by atoms with Crippen LogP contribution in [0.5, 0.6) is 0 Å². The number of rotatable bonds is 5. The number of ether oxygens (including phenoxy) is 1. The third-order valence-corrected chi connectivity index (χ3v) is 3.03. The fraction of sp³-hybridized carbons (Fsp3) is 0.500. The van der Waals surface area contributed by atoms with Gasteiger partial charge in [0.05, 0.1) is 7.11 Å². The van der Waals surface area contributed by atoms with E-state index >= 15 is 0 Å². The predicted octanol–water partition coefficient (Wildman–Crippen LogP) is 1.29. The molecule has 0 aromatic heterocycles. The molecule has 1 atom stereocenters. The monoisotopic (exact) mass is 308 g/mol. The van der Waals surface area contributed by atoms with Gasteiger partial charge in [0.15, 0.2) is 5.54 Å². The van der Waals surface area contributed by atoms with E-state index in [-0.39, 0.29) is 6.42 Å². The van der Waals surface area contributed by atoms with Crippen LogP contribution in [0.2, 0.25) is 0 Å². The van der Waals surface area contributed by atoms with Gasteiger partial charge in [-0.1, -0.05) is 30.3 Å². The van der Waals surface area contributed by atoms with Crippen LogP contribution < -0.4 is 5.73 Å². The lowest BCUT2D eigenvalue weighted by Crippen LogP contribution is -2.62. The molecule has 2 N–H and O–H groups in total. The van der Waals surface area contributed by atoms with Crippen molar-refractivity contribution in [3.8, 4) is 0 Å². The number of nitrogens with two attached hydrogens (primary N) is 1. The summed E-state index contributed by atoms with van der Waals surface area (Å²) in [6, 6.07) is 9.07. The zero-order valence-electron chi connectivity index (χ0n) is 13.8. The summed E-state index contributed by atoms with van der Waals surface area (Å²) in [5.41, 5.74) is 4.32. The highest BCUT2D eigenvalue weighted by Crippen LogP contribution is 2.19. The van der Waals surface area contributed by atoms with Gasteiger partial charge in [-0.2, -0.15) is 0 Å². The molecule has 1 amide bonds. The molecule has 0 radical (unpaired) electrons. The molecule has 6 nitrogen and oxygen atoms in total. The lowest BCUT2D eigenvalue weighted by molar-refractivity contribution is -0.184. The molecule has 0 fully saturated rings. The Bertz CT molecular complexity index is 525. The number of hydrogen-bond donors (Lipinski definition) is 1. The quantitative estimate of drug-likeness (QED) is 0.503. The fourth-order valence-electron chi connectivity index (χ4n) is 1.89. The van der Waals surface area contributed by atoms with Crippen molar-refractivity contribution >= 4 is 11.9 Å². The number of hydroxylamine groups is 2. The van der Waals surface area contributed by atoms with Gasteiger partial charge in [0.1, 0.15) is 5.60 Å². The number of benzene rings is 1. The second kappa shape index (κ2) is 6.89. The first kappa shape index (κ1) is 18.1. The summed E-state index contributed by atoms with van der Waals surface area (Å²) in [6.45, 7) is 5.16. The molecule has 0 saturated carbocycles. The number of amides is 1. The first-order chi connectivity index (χ1) is 10.1. The summed E-state index contributed by atoms with van der Waals surface area (Å²) in [6.07, 6.45) is 0.0231. The van der Waals surface area contributed by atoms with E-state index in [1.54, 1.807) is 32.9 Å². The van der Waals surface area contributed by atoms with Gasteiger partial charge in [0, 0.05) is 13.5 Å². The van der Waals surface area contributed by atoms with E-state index in [1.807, 2.05) is 18.2 Å². The third kappa shape index (κ3) is 4.54. The molecule has 6 heteroatoms. The average Bonchev–Trinajstić information content (AvgIpc) is 2.44. The molecule has 0 spiro atoms. The van der Waals surface area contributed by atoms with E-state index < -0.39 is 23.0 Å². The molecular weight excluding hydrogens is 284 g/mol. The minimum absolute atomic E-state index is 0.0231. The van der Waals surface area contributed by atoms with Crippen molar-refractivity contribution in [2.24, 2.45) is 5.73 Å². The van der Waals surface area contributed by atoms with Crippen LogP contribution in [0.4, 0.5) is 0 Å². The van der Waals surface area contributed by atoms with Crippen LogP contribution in [-0.4, -0.2) is 42.2 Å². The van der Waals surface area contributed by atoms with Gasteiger partial charge in [-0.15, -0.1) is 0 Å². The van der Waals surface area contributed by atoms with Crippen LogP contribution in [0.1, 0.15) is 26.3 Å². The first-order valence-corrected chi connectivity index (χ1v) is 6.98. The summed E-state index contributed by atoms with van der Waals surface area (Å²) >= 11 is 0. The summed E-state index contributed by atoms with van der Waals surface area (Å²) < 4.78 is 5.32. The van der Waals surface area contributed by atoms with Gasteiger partial charge in [-0.25, -0.2) is 9.86 Å². The molecule has 1 aromatic carbocycles. The van der Waals surface area contributed by atoms with E-state index in [0.29, 0.717) is 0 Å². The largest absolute Gasteiger partial charge is 0.458 e. The lowest BCUT2D eigenvalue weighted by atomic mass is 9.90. The maximum atomic E-state index is 12.5. The second-order valence-corrected chi connectivity index (χ2v) is 6.12. The molecule has 0 bridgehead atoms. The smallest absolute Gasteiger partial charge is 0.336 e. The Labute approximate surface area is 131 Å². The van der Waals surface area contributed by atoms with Gasteiger partial charge in [-0.3, -0.25) is 9.63 Å². The van der Waals surface area contributed by atoms with Crippen LogP contribution in [0.3, 0.4) is 0 Å². The van der Waals surface area contributed by atoms with Gasteiger partial charge >= 0.3 is 5.97 Å². The predicted molar refractivity (Wildman–Crippen MR) is 82.7 cm³/mol. The number of likely N-dealkylation sites (N-methyl/N-ethyl adjacent to an activating group) is 1. The molecule has 0 aliphatic carbocycles. The maximum absolute atomic E-state index is 12.5. The van der Waals surface area contributed by atoms with E-state index in [2.05, 4.69) is 0 Å². The number of carbonyl (C=O) groups is 2. The van der Waals surface area contributed by atoms with Crippen LogP contribution in [0, 0.1) is 0 Å². The summed E-state index contributed by atoms with van der Waals surface area (Å²) in [5, 5.41) is 0.937. The Morgan fingerprint density at radius 3 is 2.18 bits per heavy atom. The second-order valence-electron chi connectivity index (χ2n) is 6.12. The van der Waals surface area contributed by atoms with E-state index in [9.17, 15) is 9.59 Å². The minimum Gasteiger partial charge on any atom is -0.458 e. The molecule has 22 heavy (non-hydrogen) atoms. The Kier molecular flexibility index (Phi) is 5.68. The van der Waals surface area contributed by atoms with Gasteiger partial charge in [-0.05, 0) is 26.3 Å². The van der Waals surface area contributed by atoms with Crippen molar-refractivity contribution < 1.29 is 19.2 Å². The molecule has 0 unspecified atom stereocenters. The lowest BCUT2D eigenvalue weighted by Gasteiger charge is -2.32. The highest BCUT2D eigenvalue weighted by Gasteiger charge is 2.47. The highest BCUT2D eigenvalue weighted by atomic mass is 16.7. The van der Waals surface area contributed by atoms with Gasteiger partial charge < -0.3 is 10.5 Å². The van der Waals surface area contributed by atoms with E-state index in [0.717, 1.165) is 10.6 Å². The first-order valence-electron chi connectivity index (χ1n) is 6.98. The van der Waals surface area contributed by atoms with Crippen LogP contribution >= 0.6 is 0 Å².